The Hall–Kier alpha value is -3.36. The van der Waals surface area contributed by atoms with E-state index in [0.717, 1.165) is 11.1 Å². The summed E-state index contributed by atoms with van der Waals surface area (Å²) in [5.41, 5.74) is 1.09. The van der Waals surface area contributed by atoms with Crippen LogP contribution in [0, 0.1) is 0 Å². The summed E-state index contributed by atoms with van der Waals surface area (Å²) in [5, 5.41) is 4.78. The highest BCUT2D eigenvalue weighted by Gasteiger charge is 2.42. The van der Waals surface area contributed by atoms with Crippen molar-refractivity contribution < 1.29 is 19.1 Å². The van der Waals surface area contributed by atoms with Crippen molar-refractivity contribution in [3.63, 3.8) is 0 Å². The third kappa shape index (κ3) is 7.57. The van der Waals surface area contributed by atoms with Crippen LogP contribution < -0.4 is 4.74 Å². The normalized spacial score (nSPS) is 17.4. The Balaban J connectivity index is 1.45. The molecule has 8 nitrogen and oxygen atoms in total. The van der Waals surface area contributed by atoms with E-state index < -0.39 is 5.60 Å². The number of hydrogen-bond acceptors (Lipinski definition) is 5. The van der Waals surface area contributed by atoms with Gasteiger partial charge in [-0.05, 0) is 41.8 Å². The molecule has 2 aromatic carbocycles. The minimum absolute atomic E-state index is 0.0214. The van der Waals surface area contributed by atoms with Crippen molar-refractivity contribution in [1.29, 1.82) is 0 Å². The predicted octanol–water partition coefficient (Wildman–Crippen LogP) is 3.73. The minimum atomic E-state index is -0.968. The number of carbonyl (C=O) groups excluding carboxylic acids is 2. The van der Waals surface area contributed by atoms with Gasteiger partial charge in [0.25, 0.3) is 0 Å². The maximum absolute atomic E-state index is 13.3. The number of aryl methyl sites for hydroxylation is 2. The van der Waals surface area contributed by atoms with Crippen molar-refractivity contribution in [3.8, 4) is 5.75 Å². The summed E-state index contributed by atoms with van der Waals surface area (Å²) >= 11 is 6.01. The molecule has 0 radical (unpaired) electrons. The number of nitrogens with zero attached hydrogens (tertiary/aromatic N) is 4. The molecule has 0 spiro atoms. The lowest BCUT2D eigenvalue weighted by Crippen LogP contribution is -2.58. The lowest BCUT2D eigenvalue weighted by molar-refractivity contribution is -0.165. The number of morpholine rings is 1. The molecule has 0 unspecified atom stereocenters. The van der Waals surface area contributed by atoms with Crippen LogP contribution in [0.5, 0.6) is 5.75 Å². The van der Waals surface area contributed by atoms with E-state index in [4.69, 9.17) is 21.1 Å². The van der Waals surface area contributed by atoms with Crippen LogP contribution in [0.15, 0.2) is 67.0 Å². The van der Waals surface area contributed by atoms with Gasteiger partial charge in [0, 0.05) is 44.8 Å². The van der Waals surface area contributed by atoms with Gasteiger partial charge in [-0.1, -0.05) is 41.9 Å². The van der Waals surface area contributed by atoms with Crippen LogP contribution in [-0.2, 0) is 34.3 Å². The number of rotatable bonds is 10. The van der Waals surface area contributed by atoms with Crippen molar-refractivity contribution in [2.75, 3.05) is 33.4 Å². The molecule has 1 saturated heterocycles. The van der Waals surface area contributed by atoms with E-state index in [1.165, 1.54) is 0 Å². The molecule has 0 N–H and O–H groups in total. The summed E-state index contributed by atoms with van der Waals surface area (Å²) in [6.45, 7) is 1.70. The van der Waals surface area contributed by atoms with Gasteiger partial charge in [0.1, 0.15) is 18.0 Å². The summed E-state index contributed by atoms with van der Waals surface area (Å²) in [6.07, 6.45) is 4.76. The Kier molecular flexibility index (Phi) is 8.84. The van der Waals surface area contributed by atoms with Gasteiger partial charge < -0.3 is 19.3 Å². The van der Waals surface area contributed by atoms with E-state index >= 15 is 0 Å². The van der Waals surface area contributed by atoms with Gasteiger partial charge in [-0.25, -0.2) is 0 Å². The van der Waals surface area contributed by atoms with Crippen LogP contribution in [0.3, 0.4) is 0 Å². The Morgan fingerprint density at radius 3 is 2.59 bits per heavy atom. The number of hydrogen-bond donors (Lipinski definition) is 0. The van der Waals surface area contributed by atoms with Crippen molar-refractivity contribution >= 4 is 23.4 Å². The maximum atomic E-state index is 13.3. The van der Waals surface area contributed by atoms with Crippen molar-refractivity contribution in [2.24, 2.45) is 7.05 Å². The molecule has 9 heteroatoms. The van der Waals surface area contributed by atoms with Crippen molar-refractivity contribution in [3.05, 3.63) is 83.1 Å². The molecule has 0 aliphatic carbocycles. The number of ether oxygens (including phenoxy) is 2. The van der Waals surface area contributed by atoms with Gasteiger partial charge in [-0.15, -0.1) is 0 Å². The number of benzene rings is 2. The van der Waals surface area contributed by atoms with Gasteiger partial charge in [0.2, 0.25) is 11.8 Å². The highest BCUT2D eigenvalue weighted by atomic mass is 35.5. The predicted molar refractivity (Wildman–Crippen MR) is 141 cm³/mol. The fourth-order valence-electron chi connectivity index (χ4n) is 4.42. The second kappa shape index (κ2) is 12.3. The van der Waals surface area contributed by atoms with E-state index in [9.17, 15) is 9.59 Å². The Morgan fingerprint density at radius 1 is 1.14 bits per heavy atom. The first-order valence-corrected chi connectivity index (χ1v) is 12.8. The van der Waals surface area contributed by atoms with Gasteiger partial charge in [0.05, 0.1) is 25.8 Å². The first kappa shape index (κ1) is 26.7. The van der Waals surface area contributed by atoms with Crippen molar-refractivity contribution in [1.82, 2.24) is 19.6 Å². The monoisotopic (exact) mass is 524 g/mol. The fraction of sp³-hybridized carbons (Fsp3) is 0.393. The first-order chi connectivity index (χ1) is 17.8. The largest absolute Gasteiger partial charge is 0.490 e. The van der Waals surface area contributed by atoms with E-state index in [-0.39, 0.29) is 31.4 Å². The fourth-order valence-corrected chi connectivity index (χ4v) is 4.54. The average molecular weight is 525 g/mol. The lowest BCUT2D eigenvalue weighted by atomic mass is 9.96. The second-order valence-corrected chi connectivity index (χ2v) is 9.96. The SMILES string of the molecule is CN(Cc1ccccc1)C(=O)C[C@]1(COc2ccc(Cl)cc2)CN(C(=O)CCc2cnn(C)c2)CCO1. The number of aromatic nitrogens is 2. The topological polar surface area (TPSA) is 76.9 Å². The molecular weight excluding hydrogens is 492 g/mol. The molecule has 1 aliphatic heterocycles. The van der Waals surface area contributed by atoms with Gasteiger partial charge in [0.15, 0.2) is 0 Å². The Morgan fingerprint density at radius 2 is 1.89 bits per heavy atom. The zero-order valence-electron chi connectivity index (χ0n) is 21.3. The summed E-state index contributed by atoms with van der Waals surface area (Å²) in [4.78, 5) is 29.9. The summed E-state index contributed by atoms with van der Waals surface area (Å²) in [6, 6.07) is 16.9. The van der Waals surface area contributed by atoms with E-state index in [0.29, 0.717) is 43.3 Å². The molecule has 2 amide bonds. The zero-order chi connectivity index (χ0) is 26.3. The highest BCUT2D eigenvalue weighted by Crippen LogP contribution is 2.27. The average Bonchev–Trinajstić information content (AvgIpc) is 3.32. The molecule has 1 aliphatic rings. The Labute approximate surface area is 222 Å². The van der Waals surface area contributed by atoms with Crippen LogP contribution in [0.1, 0.15) is 24.0 Å². The van der Waals surface area contributed by atoms with Crippen LogP contribution in [-0.4, -0.2) is 70.3 Å². The molecule has 0 bridgehead atoms. The summed E-state index contributed by atoms with van der Waals surface area (Å²) in [5.74, 6) is 0.568. The molecule has 2 heterocycles. The number of carbonyl (C=O) groups is 2. The quantitative estimate of drug-likeness (QED) is 0.404. The standard InChI is InChI=1S/C28H33ClN4O4/c1-31(18-22-6-4-3-5-7-22)27(35)16-28(21-36-25-11-9-24(29)10-12-25)20-33(14-15-37-28)26(34)13-8-23-17-30-32(2)19-23/h3-7,9-12,17,19H,8,13-16,18,20-21H2,1-2H3/t28-/m1/s1. The molecule has 1 fully saturated rings. The molecule has 1 aromatic heterocycles. The molecule has 196 valence electrons. The third-order valence-corrected chi connectivity index (χ3v) is 6.72. The molecule has 4 rings (SSSR count). The highest BCUT2D eigenvalue weighted by molar-refractivity contribution is 6.30. The van der Waals surface area contributed by atoms with Crippen molar-refractivity contribution in [2.45, 2.75) is 31.4 Å². The molecule has 1 atom stereocenters. The van der Waals surface area contributed by atoms with Crippen LogP contribution in [0.2, 0.25) is 5.02 Å². The van der Waals surface area contributed by atoms with Gasteiger partial charge >= 0.3 is 0 Å². The minimum Gasteiger partial charge on any atom is -0.490 e. The molecule has 0 saturated carbocycles. The lowest BCUT2D eigenvalue weighted by Gasteiger charge is -2.42. The van der Waals surface area contributed by atoms with Crippen LogP contribution in [0.25, 0.3) is 0 Å². The van der Waals surface area contributed by atoms with E-state index in [2.05, 4.69) is 5.10 Å². The number of amides is 2. The first-order valence-electron chi connectivity index (χ1n) is 12.4. The molecule has 3 aromatic rings. The van der Waals surface area contributed by atoms with Gasteiger partial charge in [-0.2, -0.15) is 5.10 Å². The zero-order valence-corrected chi connectivity index (χ0v) is 22.1. The van der Waals surface area contributed by atoms with Crippen LogP contribution in [0.4, 0.5) is 0 Å². The second-order valence-electron chi connectivity index (χ2n) is 9.52. The maximum Gasteiger partial charge on any atom is 0.225 e. The summed E-state index contributed by atoms with van der Waals surface area (Å²) in [7, 11) is 3.64. The summed E-state index contributed by atoms with van der Waals surface area (Å²) < 4.78 is 14.0. The smallest absolute Gasteiger partial charge is 0.225 e. The van der Waals surface area contributed by atoms with E-state index in [1.807, 2.05) is 43.6 Å². The van der Waals surface area contributed by atoms with E-state index in [1.54, 1.807) is 52.0 Å². The third-order valence-electron chi connectivity index (χ3n) is 6.46. The Bertz CT molecular complexity index is 1180. The van der Waals surface area contributed by atoms with Gasteiger partial charge in [-0.3, -0.25) is 14.3 Å². The molecular formula is C28H33ClN4O4. The molecule has 37 heavy (non-hydrogen) atoms. The number of halogens is 1. The van der Waals surface area contributed by atoms with Crippen LogP contribution >= 0.6 is 11.6 Å².